The highest BCUT2D eigenvalue weighted by molar-refractivity contribution is 7.92. The molecule has 0 radical (unpaired) electrons. The van der Waals surface area contributed by atoms with Gasteiger partial charge in [0.1, 0.15) is 6.04 Å². The number of nitrogens with zero attached hydrogens (tertiary/aromatic N) is 2. The van der Waals surface area contributed by atoms with E-state index < -0.39 is 16.1 Å². The fourth-order valence-electron chi connectivity index (χ4n) is 3.64. The lowest BCUT2D eigenvalue weighted by Gasteiger charge is -2.29. The Hall–Kier alpha value is -2.58. The number of halogens is 1. The first-order chi connectivity index (χ1) is 16.0. The van der Waals surface area contributed by atoms with Crippen LogP contribution in [0.5, 0.6) is 0 Å². The van der Waals surface area contributed by atoms with Crippen molar-refractivity contribution in [2.45, 2.75) is 53.1 Å². The molecule has 0 aliphatic carbocycles. The van der Waals surface area contributed by atoms with Crippen LogP contribution in [0.4, 0.5) is 5.69 Å². The second-order valence-electron chi connectivity index (χ2n) is 8.40. The first kappa shape index (κ1) is 27.7. The first-order valence-electron chi connectivity index (χ1n) is 11.3. The van der Waals surface area contributed by atoms with E-state index in [9.17, 15) is 18.0 Å². The van der Waals surface area contributed by atoms with Gasteiger partial charge in [0.15, 0.2) is 0 Å². The van der Waals surface area contributed by atoms with Crippen LogP contribution >= 0.6 is 11.6 Å². The third-order valence-electron chi connectivity index (χ3n) is 5.65. The van der Waals surface area contributed by atoms with E-state index in [1.54, 1.807) is 36.9 Å². The molecular weight excluding hydrogens is 474 g/mol. The lowest BCUT2D eigenvalue weighted by Crippen LogP contribution is -2.47. The summed E-state index contributed by atoms with van der Waals surface area (Å²) in [5, 5.41) is 3.24. The molecule has 7 nitrogen and oxygen atoms in total. The predicted octanol–water partition coefficient (Wildman–Crippen LogP) is 4.06. The molecule has 0 aliphatic rings. The average molecular weight is 508 g/mol. The van der Waals surface area contributed by atoms with Crippen molar-refractivity contribution in [1.29, 1.82) is 0 Å². The molecule has 2 aromatic carbocycles. The summed E-state index contributed by atoms with van der Waals surface area (Å²) in [5.74, 6) is -0.439. The molecular formula is C25H34ClN3O4S. The zero-order valence-electron chi connectivity index (χ0n) is 20.5. The van der Waals surface area contributed by atoms with Crippen LogP contribution in [0.25, 0.3) is 0 Å². The van der Waals surface area contributed by atoms with Gasteiger partial charge < -0.3 is 10.2 Å². The SMILES string of the molecule is CCNC(=O)[C@@H](C)N(Cc1ccc(C)cc1)C(=O)CCCN(c1cccc(Cl)c1C)S(C)(=O)=O. The number of hydrogen-bond acceptors (Lipinski definition) is 4. The molecule has 2 amide bonds. The second-order valence-corrected chi connectivity index (χ2v) is 10.7. The molecule has 1 atom stereocenters. The first-order valence-corrected chi connectivity index (χ1v) is 13.5. The molecule has 1 N–H and O–H groups in total. The maximum Gasteiger partial charge on any atom is 0.242 e. The lowest BCUT2D eigenvalue weighted by molar-refractivity contribution is -0.140. The van der Waals surface area contributed by atoms with Gasteiger partial charge in [-0.25, -0.2) is 8.42 Å². The van der Waals surface area contributed by atoms with Crippen molar-refractivity contribution in [2.24, 2.45) is 0 Å². The van der Waals surface area contributed by atoms with E-state index in [1.165, 1.54) is 4.31 Å². The maximum atomic E-state index is 13.2. The molecule has 34 heavy (non-hydrogen) atoms. The Morgan fingerprint density at radius 1 is 1.09 bits per heavy atom. The number of carbonyl (C=O) groups excluding carboxylic acids is 2. The van der Waals surface area contributed by atoms with Crippen molar-refractivity contribution in [3.05, 3.63) is 64.2 Å². The molecule has 9 heteroatoms. The van der Waals surface area contributed by atoms with Crippen molar-refractivity contribution >= 4 is 39.1 Å². The minimum Gasteiger partial charge on any atom is -0.355 e. The van der Waals surface area contributed by atoms with Crippen molar-refractivity contribution in [3.63, 3.8) is 0 Å². The van der Waals surface area contributed by atoms with Crippen LogP contribution in [-0.4, -0.2) is 50.5 Å². The summed E-state index contributed by atoms with van der Waals surface area (Å²) in [6.45, 7) is 8.17. The van der Waals surface area contributed by atoms with Crippen molar-refractivity contribution in [2.75, 3.05) is 23.7 Å². The highest BCUT2D eigenvalue weighted by atomic mass is 35.5. The minimum atomic E-state index is -3.58. The quantitative estimate of drug-likeness (QED) is 0.497. The maximum absolute atomic E-state index is 13.2. The topological polar surface area (TPSA) is 86.8 Å². The number of sulfonamides is 1. The van der Waals surface area contributed by atoms with Crippen LogP contribution in [0.15, 0.2) is 42.5 Å². The van der Waals surface area contributed by atoms with Gasteiger partial charge in [-0.3, -0.25) is 13.9 Å². The highest BCUT2D eigenvalue weighted by Gasteiger charge is 2.26. The van der Waals surface area contributed by atoms with Gasteiger partial charge in [0.05, 0.1) is 11.9 Å². The van der Waals surface area contributed by atoms with Crippen LogP contribution in [0.2, 0.25) is 5.02 Å². The van der Waals surface area contributed by atoms with E-state index >= 15 is 0 Å². The third-order valence-corrected chi connectivity index (χ3v) is 7.24. The Balaban J connectivity index is 2.18. The average Bonchev–Trinajstić information content (AvgIpc) is 2.77. The number of benzene rings is 2. The fourth-order valence-corrected chi connectivity index (χ4v) is 4.83. The molecule has 0 heterocycles. The minimum absolute atomic E-state index is 0.0985. The number of nitrogens with one attached hydrogen (secondary N) is 1. The number of hydrogen-bond donors (Lipinski definition) is 1. The number of anilines is 1. The van der Waals surface area contributed by atoms with Gasteiger partial charge in [-0.05, 0) is 57.4 Å². The predicted molar refractivity (Wildman–Crippen MR) is 137 cm³/mol. The monoisotopic (exact) mass is 507 g/mol. The number of aryl methyl sites for hydroxylation is 1. The van der Waals surface area contributed by atoms with Crippen LogP contribution in [0.1, 0.15) is 43.4 Å². The number of rotatable bonds is 11. The number of carbonyl (C=O) groups is 2. The molecule has 0 fully saturated rings. The number of likely N-dealkylation sites (N-methyl/N-ethyl adjacent to an activating group) is 1. The lowest BCUT2D eigenvalue weighted by atomic mass is 10.1. The van der Waals surface area contributed by atoms with Crippen molar-refractivity contribution in [1.82, 2.24) is 10.2 Å². The fraction of sp³-hybridized carbons (Fsp3) is 0.440. The number of amides is 2. The molecule has 0 spiro atoms. The Kier molecular flexibility index (Phi) is 9.94. The van der Waals surface area contributed by atoms with Crippen LogP contribution in [-0.2, 0) is 26.2 Å². The summed E-state index contributed by atoms with van der Waals surface area (Å²) in [6, 6.07) is 12.3. The van der Waals surface area contributed by atoms with E-state index in [0.29, 0.717) is 35.8 Å². The van der Waals surface area contributed by atoms with Gasteiger partial charge in [-0.15, -0.1) is 0 Å². The summed E-state index contributed by atoms with van der Waals surface area (Å²) < 4.78 is 26.2. The van der Waals surface area contributed by atoms with Gasteiger partial charge in [-0.1, -0.05) is 47.5 Å². The smallest absolute Gasteiger partial charge is 0.242 e. The second kappa shape index (κ2) is 12.2. The Labute approximate surface area is 208 Å². The Morgan fingerprint density at radius 2 is 1.74 bits per heavy atom. The Morgan fingerprint density at radius 3 is 2.32 bits per heavy atom. The molecule has 0 unspecified atom stereocenters. The van der Waals surface area contributed by atoms with E-state index in [4.69, 9.17) is 11.6 Å². The standard InChI is InChI=1S/C25H34ClN3O4S/c1-6-27-25(31)20(4)28(17-21-14-12-18(2)13-15-21)24(30)11-8-16-29(34(5,32)33)23-10-7-9-22(26)19(23)3/h7,9-10,12-15,20H,6,8,11,16-17H2,1-5H3,(H,27,31)/t20-/m1/s1. The summed E-state index contributed by atoms with van der Waals surface area (Å²) >= 11 is 6.19. The molecule has 186 valence electrons. The van der Waals surface area contributed by atoms with Gasteiger partial charge in [-0.2, -0.15) is 0 Å². The molecule has 0 aromatic heterocycles. The molecule has 0 aliphatic heterocycles. The zero-order chi connectivity index (χ0) is 25.5. The summed E-state index contributed by atoms with van der Waals surface area (Å²) in [7, 11) is -3.58. The highest BCUT2D eigenvalue weighted by Crippen LogP contribution is 2.28. The molecule has 0 saturated heterocycles. The van der Waals surface area contributed by atoms with Gasteiger partial charge in [0, 0.05) is 31.1 Å². The molecule has 2 aromatic rings. The van der Waals surface area contributed by atoms with Gasteiger partial charge in [0.25, 0.3) is 0 Å². The van der Waals surface area contributed by atoms with Crippen LogP contribution in [0.3, 0.4) is 0 Å². The van der Waals surface area contributed by atoms with Gasteiger partial charge in [0.2, 0.25) is 21.8 Å². The molecule has 0 saturated carbocycles. The molecule has 2 rings (SSSR count). The third kappa shape index (κ3) is 7.46. The van der Waals surface area contributed by atoms with Gasteiger partial charge >= 0.3 is 0 Å². The van der Waals surface area contributed by atoms with Crippen LogP contribution < -0.4 is 9.62 Å². The van der Waals surface area contributed by atoms with Crippen LogP contribution in [0, 0.1) is 13.8 Å². The van der Waals surface area contributed by atoms with E-state index in [-0.39, 0.29) is 24.8 Å². The zero-order valence-corrected chi connectivity index (χ0v) is 22.0. The van der Waals surface area contributed by atoms with E-state index in [2.05, 4.69) is 5.32 Å². The summed E-state index contributed by atoms with van der Waals surface area (Å²) in [6.07, 6.45) is 1.53. The van der Waals surface area contributed by atoms with E-state index in [1.807, 2.05) is 38.1 Å². The van der Waals surface area contributed by atoms with Crippen molar-refractivity contribution < 1.29 is 18.0 Å². The largest absolute Gasteiger partial charge is 0.355 e. The normalized spacial score (nSPS) is 12.2. The Bertz CT molecular complexity index is 1100. The van der Waals surface area contributed by atoms with E-state index in [0.717, 1.165) is 17.4 Å². The summed E-state index contributed by atoms with van der Waals surface area (Å²) in [4.78, 5) is 27.3. The van der Waals surface area contributed by atoms with Crippen molar-refractivity contribution in [3.8, 4) is 0 Å². The summed E-state index contributed by atoms with van der Waals surface area (Å²) in [5.41, 5.74) is 3.18. The molecule has 0 bridgehead atoms.